The van der Waals surface area contributed by atoms with Gasteiger partial charge < -0.3 is 4.90 Å². The van der Waals surface area contributed by atoms with Crippen molar-refractivity contribution in [2.24, 2.45) is 0 Å². The van der Waals surface area contributed by atoms with Crippen molar-refractivity contribution in [1.29, 1.82) is 0 Å². The Morgan fingerprint density at radius 2 is 1.95 bits per heavy atom. The third kappa shape index (κ3) is 3.07. The highest BCUT2D eigenvalue weighted by atomic mass is 32.2. The number of hydrogen-bond acceptors (Lipinski definition) is 5. The van der Waals surface area contributed by atoms with Crippen LogP contribution in [0.25, 0.3) is 5.69 Å². The molecule has 1 aromatic carbocycles. The molecular weight excluding hydrogens is 286 g/mol. The first-order valence-electron chi connectivity index (χ1n) is 7.05. The minimum absolute atomic E-state index is 0.167. The molecule has 1 saturated heterocycles. The molecule has 1 amide bonds. The fraction of sp³-hybridized carbons (Fsp3) is 0.429. The highest BCUT2D eigenvalue weighted by molar-refractivity contribution is 8.00. The summed E-state index contributed by atoms with van der Waals surface area (Å²) in [6.07, 6.45) is 2.20. The summed E-state index contributed by atoms with van der Waals surface area (Å²) in [6.45, 7) is 3.65. The molecule has 0 saturated carbocycles. The quantitative estimate of drug-likeness (QED) is 0.805. The fourth-order valence-electron chi connectivity index (χ4n) is 2.39. The van der Waals surface area contributed by atoms with E-state index in [-0.39, 0.29) is 11.2 Å². The van der Waals surface area contributed by atoms with Crippen molar-refractivity contribution in [3.8, 4) is 5.69 Å². The zero-order valence-electron chi connectivity index (χ0n) is 11.8. The van der Waals surface area contributed by atoms with E-state index in [1.165, 1.54) is 11.8 Å². The molecule has 0 spiro atoms. The van der Waals surface area contributed by atoms with Crippen LogP contribution in [0.15, 0.2) is 35.5 Å². The molecule has 2 aromatic rings. The minimum Gasteiger partial charge on any atom is -0.342 e. The lowest BCUT2D eigenvalue weighted by atomic mass is 10.3. The smallest absolute Gasteiger partial charge is 0.235 e. The lowest BCUT2D eigenvalue weighted by Gasteiger charge is -2.19. The van der Waals surface area contributed by atoms with E-state index in [9.17, 15) is 4.79 Å². The van der Waals surface area contributed by atoms with Crippen LogP contribution in [0.5, 0.6) is 0 Å². The molecule has 3 rings (SSSR count). The number of para-hydroxylation sites is 1. The number of carbonyl (C=O) groups excluding carboxylic acids is 1. The number of carbonyl (C=O) groups is 1. The van der Waals surface area contributed by atoms with Crippen molar-refractivity contribution >= 4 is 17.7 Å². The molecule has 1 atom stereocenters. The zero-order chi connectivity index (χ0) is 14.7. The molecule has 1 aliphatic heterocycles. The molecule has 6 nitrogen and oxygen atoms in total. The highest BCUT2D eigenvalue weighted by Crippen LogP contribution is 2.25. The van der Waals surface area contributed by atoms with Crippen LogP contribution < -0.4 is 0 Å². The normalized spacial score (nSPS) is 16.1. The molecule has 110 valence electrons. The van der Waals surface area contributed by atoms with Gasteiger partial charge in [0.05, 0.1) is 10.9 Å². The summed E-state index contributed by atoms with van der Waals surface area (Å²) < 4.78 is 1.67. The van der Waals surface area contributed by atoms with Gasteiger partial charge in [-0.25, -0.2) is 0 Å². The van der Waals surface area contributed by atoms with Crippen molar-refractivity contribution in [3.63, 3.8) is 0 Å². The zero-order valence-corrected chi connectivity index (χ0v) is 12.7. The van der Waals surface area contributed by atoms with Crippen LogP contribution in [-0.2, 0) is 4.79 Å². The molecule has 1 fully saturated rings. The van der Waals surface area contributed by atoms with Gasteiger partial charge in [0.2, 0.25) is 11.1 Å². The summed E-state index contributed by atoms with van der Waals surface area (Å²) in [4.78, 5) is 14.3. The van der Waals surface area contributed by atoms with Crippen LogP contribution in [-0.4, -0.2) is 49.4 Å². The highest BCUT2D eigenvalue weighted by Gasteiger charge is 2.25. The first-order valence-corrected chi connectivity index (χ1v) is 7.93. The number of hydrogen-bond donors (Lipinski definition) is 0. The van der Waals surface area contributed by atoms with Crippen molar-refractivity contribution in [1.82, 2.24) is 25.1 Å². The van der Waals surface area contributed by atoms with Crippen molar-refractivity contribution in [2.45, 2.75) is 30.2 Å². The van der Waals surface area contributed by atoms with Crippen LogP contribution in [0, 0.1) is 0 Å². The average molecular weight is 303 g/mol. The number of benzene rings is 1. The number of likely N-dealkylation sites (tertiary alicyclic amines) is 1. The fourth-order valence-corrected chi connectivity index (χ4v) is 3.28. The number of thioether (sulfide) groups is 1. The standard InChI is InChI=1S/C14H17N5OS/c1-11(13(20)18-9-5-6-10-18)21-14-15-16-17-19(14)12-7-3-2-4-8-12/h2-4,7-8,11H,5-6,9-10H2,1H3. The van der Waals surface area contributed by atoms with Crippen LogP contribution >= 0.6 is 11.8 Å². The Morgan fingerprint density at radius 1 is 1.24 bits per heavy atom. The summed E-state index contributed by atoms with van der Waals surface area (Å²) in [5.41, 5.74) is 0.894. The largest absolute Gasteiger partial charge is 0.342 e. The number of amides is 1. The van der Waals surface area contributed by atoms with Gasteiger partial charge >= 0.3 is 0 Å². The Balaban J connectivity index is 1.73. The maximum Gasteiger partial charge on any atom is 0.235 e. The maximum absolute atomic E-state index is 12.3. The topological polar surface area (TPSA) is 63.9 Å². The van der Waals surface area contributed by atoms with Gasteiger partial charge in [0.25, 0.3) is 0 Å². The Labute approximate surface area is 127 Å². The molecule has 21 heavy (non-hydrogen) atoms. The molecule has 7 heteroatoms. The van der Waals surface area contributed by atoms with Gasteiger partial charge in [-0.3, -0.25) is 4.79 Å². The monoisotopic (exact) mass is 303 g/mol. The van der Waals surface area contributed by atoms with Crippen LogP contribution in [0.4, 0.5) is 0 Å². The van der Waals surface area contributed by atoms with E-state index in [0.29, 0.717) is 5.16 Å². The van der Waals surface area contributed by atoms with Crippen LogP contribution in [0.2, 0.25) is 0 Å². The van der Waals surface area contributed by atoms with E-state index < -0.39 is 0 Å². The van der Waals surface area contributed by atoms with Gasteiger partial charge in [0.15, 0.2) is 0 Å². The molecule has 1 aliphatic rings. The second-order valence-corrected chi connectivity index (χ2v) is 6.31. The van der Waals surface area contributed by atoms with Crippen molar-refractivity contribution < 1.29 is 4.79 Å². The van der Waals surface area contributed by atoms with Gasteiger partial charge in [-0.05, 0) is 42.3 Å². The Hall–Kier alpha value is -1.89. The van der Waals surface area contributed by atoms with E-state index in [1.54, 1.807) is 4.68 Å². The van der Waals surface area contributed by atoms with Crippen molar-refractivity contribution in [2.75, 3.05) is 13.1 Å². The summed E-state index contributed by atoms with van der Waals surface area (Å²) in [5.74, 6) is 0.167. The number of tetrazole rings is 1. The number of rotatable bonds is 4. The van der Waals surface area contributed by atoms with Crippen LogP contribution in [0.3, 0.4) is 0 Å². The predicted octanol–water partition coefficient (Wildman–Crippen LogP) is 1.77. The molecule has 2 heterocycles. The second kappa shape index (κ2) is 6.26. The SMILES string of the molecule is CC(Sc1nnnn1-c1ccccc1)C(=O)N1CCCC1. The maximum atomic E-state index is 12.3. The van der Waals surface area contributed by atoms with Gasteiger partial charge in [0, 0.05) is 13.1 Å². The summed E-state index contributed by atoms with van der Waals surface area (Å²) >= 11 is 1.40. The van der Waals surface area contributed by atoms with Gasteiger partial charge in [-0.1, -0.05) is 30.0 Å². The Kier molecular flexibility index (Phi) is 4.19. The summed E-state index contributed by atoms with van der Waals surface area (Å²) in [5, 5.41) is 12.2. The van der Waals surface area contributed by atoms with E-state index in [1.807, 2.05) is 42.2 Å². The van der Waals surface area contributed by atoms with E-state index in [0.717, 1.165) is 31.6 Å². The number of nitrogens with zero attached hydrogens (tertiary/aromatic N) is 5. The minimum atomic E-state index is -0.184. The van der Waals surface area contributed by atoms with E-state index in [2.05, 4.69) is 15.5 Å². The molecular formula is C14H17N5OS. The van der Waals surface area contributed by atoms with Crippen molar-refractivity contribution in [3.05, 3.63) is 30.3 Å². The predicted molar refractivity (Wildman–Crippen MR) is 80.3 cm³/mol. The average Bonchev–Trinajstić information content (AvgIpc) is 3.19. The molecule has 0 aliphatic carbocycles. The number of aromatic nitrogens is 4. The second-order valence-electron chi connectivity index (χ2n) is 5.00. The van der Waals surface area contributed by atoms with E-state index in [4.69, 9.17) is 0 Å². The molecule has 0 bridgehead atoms. The molecule has 1 unspecified atom stereocenters. The molecule has 1 aromatic heterocycles. The van der Waals surface area contributed by atoms with Gasteiger partial charge in [-0.2, -0.15) is 4.68 Å². The first-order chi connectivity index (χ1) is 10.3. The van der Waals surface area contributed by atoms with Gasteiger partial charge in [0.1, 0.15) is 0 Å². The summed E-state index contributed by atoms with van der Waals surface area (Å²) in [7, 11) is 0. The molecule has 0 radical (unpaired) electrons. The molecule has 0 N–H and O–H groups in total. The Morgan fingerprint density at radius 3 is 2.67 bits per heavy atom. The van der Waals surface area contributed by atoms with Crippen LogP contribution in [0.1, 0.15) is 19.8 Å². The Bertz CT molecular complexity index is 609. The third-order valence-corrected chi connectivity index (χ3v) is 4.51. The summed E-state index contributed by atoms with van der Waals surface area (Å²) in [6, 6.07) is 9.69. The lowest BCUT2D eigenvalue weighted by Crippen LogP contribution is -2.34. The van der Waals surface area contributed by atoms with E-state index >= 15 is 0 Å². The lowest BCUT2D eigenvalue weighted by molar-refractivity contribution is -0.129. The first kappa shape index (κ1) is 14.1. The third-order valence-electron chi connectivity index (χ3n) is 3.49. The van der Waals surface area contributed by atoms with Gasteiger partial charge in [-0.15, -0.1) is 5.10 Å².